The Morgan fingerprint density at radius 2 is 1.76 bits per heavy atom. The molecule has 1 N–H and O–H groups in total. The van der Waals surface area contributed by atoms with Crippen molar-refractivity contribution in [2.24, 2.45) is 0 Å². The summed E-state index contributed by atoms with van der Waals surface area (Å²) >= 11 is 0. The van der Waals surface area contributed by atoms with Crippen molar-refractivity contribution in [1.82, 2.24) is 10.2 Å². The SMILES string of the molecule is CC[C@H](NC(=O)c1ccc(CN2CCOCC2)cc1)c1ccc2c(c1)CCCC2. The van der Waals surface area contributed by atoms with Crippen molar-refractivity contribution in [3.63, 3.8) is 0 Å². The van der Waals surface area contributed by atoms with Crippen LogP contribution in [0, 0.1) is 0 Å². The number of amides is 1. The van der Waals surface area contributed by atoms with Crippen molar-refractivity contribution in [2.45, 2.75) is 51.6 Å². The van der Waals surface area contributed by atoms with Gasteiger partial charge in [-0.05, 0) is 66.5 Å². The van der Waals surface area contributed by atoms with E-state index in [-0.39, 0.29) is 11.9 Å². The van der Waals surface area contributed by atoms with E-state index in [4.69, 9.17) is 4.74 Å². The molecule has 0 bridgehead atoms. The van der Waals surface area contributed by atoms with E-state index in [1.807, 2.05) is 12.1 Å². The molecule has 4 nitrogen and oxygen atoms in total. The van der Waals surface area contributed by atoms with Gasteiger partial charge in [0.15, 0.2) is 0 Å². The Bertz CT molecular complexity index is 825. The van der Waals surface area contributed by atoms with Crippen molar-refractivity contribution in [3.05, 3.63) is 70.3 Å². The van der Waals surface area contributed by atoms with Crippen LogP contribution in [0.15, 0.2) is 42.5 Å². The molecule has 0 aromatic heterocycles. The average Bonchev–Trinajstić information content (AvgIpc) is 2.78. The predicted octanol–water partition coefficient (Wildman–Crippen LogP) is 4.28. The molecule has 2 aliphatic rings. The molecular formula is C25H32N2O2. The van der Waals surface area contributed by atoms with Crippen LogP contribution in [-0.4, -0.2) is 37.1 Å². The molecule has 0 radical (unpaired) electrons. The number of nitrogens with one attached hydrogen (secondary N) is 1. The number of carbonyl (C=O) groups is 1. The lowest BCUT2D eigenvalue weighted by atomic mass is 9.88. The van der Waals surface area contributed by atoms with Crippen LogP contribution in [0.1, 0.15) is 64.8 Å². The van der Waals surface area contributed by atoms with Gasteiger partial charge in [-0.2, -0.15) is 0 Å². The largest absolute Gasteiger partial charge is 0.379 e. The topological polar surface area (TPSA) is 41.6 Å². The van der Waals surface area contributed by atoms with Crippen molar-refractivity contribution in [3.8, 4) is 0 Å². The zero-order chi connectivity index (χ0) is 20.1. The molecule has 2 aromatic carbocycles. The summed E-state index contributed by atoms with van der Waals surface area (Å²) in [7, 11) is 0. The van der Waals surface area contributed by atoms with E-state index in [0.29, 0.717) is 0 Å². The second kappa shape index (κ2) is 9.55. The van der Waals surface area contributed by atoms with Crippen LogP contribution in [0.3, 0.4) is 0 Å². The maximum absolute atomic E-state index is 12.8. The van der Waals surface area contributed by atoms with Crippen molar-refractivity contribution < 1.29 is 9.53 Å². The lowest BCUT2D eigenvalue weighted by Gasteiger charge is -2.26. The molecule has 154 valence electrons. The molecule has 0 spiro atoms. The lowest BCUT2D eigenvalue weighted by Crippen LogP contribution is -2.35. The molecule has 1 amide bonds. The number of benzene rings is 2. The number of hydrogen-bond donors (Lipinski definition) is 1. The first-order chi connectivity index (χ1) is 14.2. The molecule has 1 aliphatic heterocycles. The van der Waals surface area contributed by atoms with Gasteiger partial charge in [-0.1, -0.05) is 37.3 Å². The van der Waals surface area contributed by atoms with Crippen LogP contribution in [0.2, 0.25) is 0 Å². The summed E-state index contributed by atoms with van der Waals surface area (Å²) < 4.78 is 5.41. The van der Waals surface area contributed by atoms with Crippen LogP contribution in [0.4, 0.5) is 0 Å². The van der Waals surface area contributed by atoms with Gasteiger partial charge in [-0.3, -0.25) is 9.69 Å². The number of hydrogen-bond acceptors (Lipinski definition) is 3. The van der Waals surface area contributed by atoms with Gasteiger partial charge in [-0.15, -0.1) is 0 Å². The molecule has 1 atom stereocenters. The highest BCUT2D eigenvalue weighted by atomic mass is 16.5. The summed E-state index contributed by atoms with van der Waals surface area (Å²) in [5, 5.41) is 3.24. The normalized spacial score (nSPS) is 18.1. The van der Waals surface area contributed by atoms with E-state index in [9.17, 15) is 4.79 Å². The number of fused-ring (bicyclic) bond motifs is 1. The Kier molecular flexibility index (Phi) is 6.63. The second-order valence-electron chi connectivity index (χ2n) is 8.25. The van der Waals surface area contributed by atoms with Gasteiger partial charge in [0.25, 0.3) is 5.91 Å². The Balaban J connectivity index is 1.39. The molecular weight excluding hydrogens is 360 g/mol. The van der Waals surface area contributed by atoms with E-state index >= 15 is 0 Å². The van der Waals surface area contributed by atoms with Crippen molar-refractivity contribution in [1.29, 1.82) is 0 Å². The zero-order valence-electron chi connectivity index (χ0n) is 17.5. The molecule has 2 aromatic rings. The minimum absolute atomic E-state index is 0.00694. The number of aryl methyl sites for hydroxylation is 2. The highest BCUT2D eigenvalue weighted by Crippen LogP contribution is 2.26. The van der Waals surface area contributed by atoms with E-state index in [0.717, 1.165) is 51.3 Å². The molecule has 1 aliphatic carbocycles. The fourth-order valence-electron chi connectivity index (χ4n) is 4.41. The van der Waals surface area contributed by atoms with Crippen LogP contribution in [-0.2, 0) is 24.1 Å². The number of morpholine rings is 1. The molecule has 4 rings (SSSR count). The van der Waals surface area contributed by atoms with Crippen LogP contribution in [0.5, 0.6) is 0 Å². The first kappa shape index (κ1) is 20.1. The maximum Gasteiger partial charge on any atom is 0.251 e. The molecule has 4 heteroatoms. The van der Waals surface area contributed by atoms with E-state index < -0.39 is 0 Å². The molecule has 1 heterocycles. The van der Waals surface area contributed by atoms with Gasteiger partial charge in [-0.25, -0.2) is 0 Å². The highest BCUT2D eigenvalue weighted by Gasteiger charge is 2.17. The smallest absolute Gasteiger partial charge is 0.251 e. The molecule has 1 saturated heterocycles. The van der Waals surface area contributed by atoms with Gasteiger partial charge in [0.05, 0.1) is 19.3 Å². The molecule has 1 fully saturated rings. The fraction of sp³-hybridized carbons (Fsp3) is 0.480. The van der Waals surface area contributed by atoms with Gasteiger partial charge < -0.3 is 10.1 Å². The molecule has 0 unspecified atom stereocenters. The summed E-state index contributed by atoms with van der Waals surface area (Å²) in [5.41, 5.74) is 6.15. The standard InChI is InChI=1S/C25H32N2O2/c1-2-24(23-12-11-20-5-3-4-6-22(20)17-23)26-25(28)21-9-7-19(8-10-21)18-27-13-15-29-16-14-27/h7-12,17,24H,2-6,13-16,18H2,1H3,(H,26,28)/t24-/m0/s1. The number of rotatable bonds is 6. The van der Waals surface area contributed by atoms with E-state index in [1.165, 1.54) is 41.5 Å². The summed E-state index contributed by atoms with van der Waals surface area (Å²) in [4.78, 5) is 15.2. The van der Waals surface area contributed by atoms with Crippen LogP contribution >= 0.6 is 0 Å². The maximum atomic E-state index is 12.8. The highest BCUT2D eigenvalue weighted by molar-refractivity contribution is 5.94. The first-order valence-corrected chi connectivity index (χ1v) is 11.0. The molecule has 0 saturated carbocycles. The zero-order valence-corrected chi connectivity index (χ0v) is 17.5. The average molecular weight is 393 g/mol. The van der Waals surface area contributed by atoms with Crippen LogP contribution in [0.25, 0.3) is 0 Å². The number of nitrogens with zero attached hydrogens (tertiary/aromatic N) is 1. The van der Waals surface area contributed by atoms with Gasteiger partial charge in [0.1, 0.15) is 0 Å². The van der Waals surface area contributed by atoms with Crippen LogP contribution < -0.4 is 5.32 Å². The monoisotopic (exact) mass is 392 g/mol. The Labute approximate surface area is 174 Å². The predicted molar refractivity (Wildman–Crippen MR) is 116 cm³/mol. The quantitative estimate of drug-likeness (QED) is 0.798. The third-order valence-corrected chi connectivity index (χ3v) is 6.21. The van der Waals surface area contributed by atoms with Gasteiger partial charge in [0.2, 0.25) is 0 Å². The minimum atomic E-state index is 0.00694. The summed E-state index contributed by atoms with van der Waals surface area (Å²) in [6, 6.07) is 14.9. The van der Waals surface area contributed by atoms with Gasteiger partial charge in [0, 0.05) is 25.2 Å². The Morgan fingerprint density at radius 1 is 1.03 bits per heavy atom. The first-order valence-electron chi connectivity index (χ1n) is 11.0. The third kappa shape index (κ3) is 5.06. The molecule has 29 heavy (non-hydrogen) atoms. The lowest BCUT2D eigenvalue weighted by molar-refractivity contribution is 0.0342. The Hall–Kier alpha value is -2.17. The van der Waals surface area contributed by atoms with E-state index in [1.54, 1.807) is 0 Å². The number of ether oxygens (including phenoxy) is 1. The van der Waals surface area contributed by atoms with Crippen molar-refractivity contribution >= 4 is 5.91 Å². The van der Waals surface area contributed by atoms with Gasteiger partial charge >= 0.3 is 0 Å². The van der Waals surface area contributed by atoms with Crippen molar-refractivity contribution in [2.75, 3.05) is 26.3 Å². The summed E-state index contributed by atoms with van der Waals surface area (Å²) in [6.07, 6.45) is 5.81. The minimum Gasteiger partial charge on any atom is -0.379 e. The number of carbonyl (C=O) groups excluding carboxylic acids is 1. The summed E-state index contributed by atoms with van der Waals surface area (Å²) in [5.74, 6) is 0.00694. The third-order valence-electron chi connectivity index (χ3n) is 6.21. The van der Waals surface area contributed by atoms with E-state index in [2.05, 4.69) is 47.5 Å². The Morgan fingerprint density at radius 3 is 2.48 bits per heavy atom. The summed E-state index contributed by atoms with van der Waals surface area (Å²) in [6.45, 7) is 6.61. The second-order valence-corrected chi connectivity index (χ2v) is 8.25. The fourth-order valence-corrected chi connectivity index (χ4v) is 4.41.